The Balaban J connectivity index is 1.88. The Morgan fingerprint density at radius 2 is 1.27 bits per heavy atom. The fourth-order valence-corrected chi connectivity index (χ4v) is 3.46. The van der Waals surface area contributed by atoms with E-state index < -0.39 is 11.9 Å². The van der Waals surface area contributed by atoms with Crippen LogP contribution in [0.15, 0.2) is 0 Å². The fraction of sp³-hybridized carbons (Fsp3) is 0.818. The second-order valence-electron chi connectivity index (χ2n) is 4.94. The number of carboxylic acids is 2. The molecule has 0 radical (unpaired) electrons. The SMILES string of the molecule is O=C(O)CC1CC2CC1CC2CC(=O)O. The first kappa shape index (κ1) is 10.5. The van der Waals surface area contributed by atoms with Gasteiger partial charge in [0.05, 0.1) is 0 Å². The number of hydrogen-bond donors (Lipinski definition) is 2. The molecule has 2 N–H and O–H groups in total. The van der Waals surface area contributed by atoms with Crippen molar-refractivity contribution in [3.05, 3.63) is 0 Å². The molecular weight excluding hydrogens is 196 g/mol. The molecule has 84 valence electrons. The molecule has 0 spiro atoms. The first-order valence-electron chi connectivity index (χ1n) is 5.50. The van der Waals surface area contributed by atoms with E-state index in [0.717, 1.165) is 19.3 Å². The van der Waals surface area contributed by atoms with Crippen LogP contribution in [0.25, 0.3) is 0 Å². The zero-order valence-corrected chi connectivity index (χ0v) is 8.56. The third-order valence-electron chi connectivity index (χ3n) is 4.02. The highest BCUT2D eigenvalue weighted by Crippen LogP contribution is 2.53. The summed E-state index contributed by atoms with van der Waals surface area (Å²) in [4.78, 5) is 21.2. The number of hydrogen-bond acceptors (Lipinski definition) is 2. The zero-order chi connectivity index (χ0) is 11.0. The molecule has 4 unspecified atom stereocenters. The van der Waals surface area contributed by atoms with Gasteiger partial charge in [0.25, 0.3) is 0 Å². The summed E-state index contributed by atoms with van der Waals surface area (Å²) in [7, 11) is 0. The second-order valence-corrected chi connectivity index (χ2v) is 4.94. The lowest BCUT2D eigenvalue weighted by atomic mass is 9.79. The summed E-state index contributed by atoms with van der Waals surface area (Å²) in [6, 6.07) is 0. The van der Waals surface area contributed by atoms with E-state index in [2.05, 4.69) is 0 Å². The summed E-state index contributed by atoms with van der Waals surface area (Å²) in [5.41, 5.74) is 0. The van der Waals surface area contributed by atoms with Crippen LogP contribution in [0.1, 0.15) is 32.1 Å². The molecule has 0 amide bonds. The Kier molecular flexibility index (Phi) is 2.67. The monoisotopic (exact) mass is 212 g/mol. The molecule has 0 aromatic carbocycles. The topological polar surface area (TPSA) is 74.6 Å². The van der Waals surface area contributed by atoms with Gasteiger partial charge in [-0.3, -0.25) is 9.59 Å². The Labute approximate surface area is 88.3 Å². The third kappa shape index (κ3) is 2.13. The van der Waals surface area contributed by atoms with Gasteiger partial charge in [-0.25, -0.2) is 0 Å². The minimum Gasteiger partial charge on any atom is -0.481 e. The lowest BCUT2D eigenvalue weighted by Gasteiger charge is -2.25. The lowest BCUT2D eigenvalue weighted by molar-refractivity contribution is -0.140. The maximum absolute atomic E-state index is 10.6. The van der Waals surface area contributed by atoms with Crippen molar-refractivity contribution in [2.45, 2.75) is 32.1 Å². The van der Waals surface area contributed by atoms with E-state index >= 15 is 0 Å². The molecule has 2 bridgehead atoms. The summed E-state index contributed by atoms with van der Waals surface area (Å²) in [6.07, 6.45) is 3.43. The van der Waals surface area contributed by atoms with Crippen molar-refractivity contribution >= 4 is 11.9 Å². The van der Waals surface area contributed by atoms with E-state index in [1.54, 1.807) is 0 Å². The summed E-state index contributed by atoms with van der Waals surface area (Å²) in [5, 5.41) is 17.4. The molecule has 2 fully saturated rings. The number of aliphatic carboxylic acids is 2. The minimum absolute atomic E-state index is 0.265. The molecule has 0 aromatic rings. The third-order valence-corrected chi connectivity index (χ3v) is 4.02. The van der Waals surface area contributed by atoms with Gasteiger partial charge in [0.15, 0.2) is 0 Å². The van der Waals surface area contributed by atoms with E-state index in [9.17, 15) is 9.59 Å². The highest BCUT2D eigenvalue weighted by molar-refractivity contribution is 5.68. The van der Waals surface area contributed by atoms with Gasteiger partial charge in [-0.2, -0.15) is 0 Å². The summed E-state index contributed by atoms with van der Waals surface area (Å²) in [6.45, 7) is 0. The van der Waals surface area contributed by atoms with Crippen LogP contribution >= 0.6 is 0 Å². The van der Waals surface area contributed by atoms with Gasteiger partial charge in [-0.05, 0) is 42.9 Å². The Morgan fingerprint density at radius 1 is 0.867 bits per heavy atom. The lowest BCUT2D eigenvalue weighted by Crippen LogP contribution is -2.22. The minimum atomic E-state index is -0.720. The van der Waals surface area contributed by atoms with Crippen molar-refractivity contribution in [2.75, 3.05) is 0 Å². The molecule has 2 rings (SSSR count). The standard InChI is InChI=1S/C11H16O4/c12-10(13)4-8-2-6-1-7(8)3-9(6)5-11(14)15/h6-9H,1-5H2,(H,12,13)(H,14,15). The van der Waals surface area contributed by atoms with Gasteiger partial charge in [-0.1, -0.05) is 0 Å². The molecule has 0 saturated heterocycles. The summed E-state index contributed by atoms with van der Waals surface area (Å²) in [5.74, 6) is 0.102. The highest BCUT2D eigenvalue weighted by Gasteiger charge is 2.46. The molecule has 4 heteroatoms. The predicted octanol–water partition coefficient (Wildman–Crippen LogP) is 1.60. The van der Waals surface area contributed by atoms with Gasteiger partial charge in [0.1, 0.15) is 0 Å². The van der Waals surface area contributed by atoms with Crippen LogP contribution in [0.5, 0.6) is 0 Å². The zero-order valence-electron chi connectivity index (χ0n) is 8.56. The van der Waals surface area contributed by atoms with Gasteiger partial charge < -0.3 is 10.2 Å². The Hall–Kier alpha value is -1.06. The molecule has 4 atom stereocenters. The summed E-state index contributed by atoms with van der Waals surface area (Å²) < 4.78 is 0. The smallest absolute Gasteiger partial charge is 0.303 e. The van der Waals surface area contributed by atoms with Crippen molar-refractivity contribution in [1.82, 2.24) is 0 Å². The van der Waals surface area contributed by atoms with Crippen molar-refractivity contribution in [3.63, 3.8) is 0 Å². The van der Waals surface area contributed by atoms with E-state index in [4.69, 9.17) is 10.2 Å². The summed E-state index contributed by atoms with van der Waals surface area (Å²) >= 11 is 0. The van der Waals surface area contributed by atoms with E-state index in [-0.39, 0.29) is 12.8 Å². The predicted molar refractivity (Wildman–Crippen MR) is 52.3 cm³/mol. The molecular formula is C11H16O4. The van der Waals surface area contributed by atoms with E-state index in [0.29, 0.717) is 23.7 Å². The Bertz CT molecular complexity index is 258. The average molecular weight is 212 g/mol. The fourth-order valence-electron chi connectivity index (χ4n) is 3.46. The van der Waals surface area contributed by atoms with E-state index in [1.807, 2.05) is 0 Å². The second kappa shape index (κ2) is 3.83. The van der Waals surface area contributed by atoms with Crippen LogP contribution in [0, 0.1) is 23.7 Å². The van der Waals surface area contributed by atoms with Gasteiger partial charge in [0.2, 0.25) is 0 Å². The van der Waals surface area contributed by atoms with Crippen molar-refractivity contribution in [1.29, 1.82) is 0 Å². The molecule has 4 nitrogen and oxygen atoms in total. The highest BCUT2D eigenvalue weighted by atomic mass is 16.4. The number of rotatable bonds is 4. The van der Waals surface area contributed by atoms with Crippen molar-refractivity contribution < 1.29 is 19.8 Å². The number of carboxylic acid groups (broad SMARTS) is 2. The molecule has 2 aliphatic rings. The molecule has 15 heavy (non-hydrogen) atoms. The van der Waals surface area contributed by atoms with Gasteiger partial charge >= 0.3 is 11.9 Å². The molecule has 2 aliphatic carbocycles. The maximum atomic E-state index is 10.6. The van der Waals surface area contributed by atoms with E-state index in [1.165, 1.54) is 0 Å². The van der Waals surface area contributed by atoms with Crippen molar-refractivity contribution in [3.8, 4) is 0 Å². The van der Waals surface area contributed by atoms with Gasteiger partial charge in [-0.15, -0.1) is 0 Å². The van der Waals surface area contributed by atoms with Crippen LogP contribution in [-0.4, -0.2) is 22.2 Å². The van der Waals surface area contributed by atoms with Crippen LogP contribution in [-0.2, 0) is 9.59 Å². The normalized spacial score (nSPS) is 38.1. The first-order chi connectivity index (χ1) is 7.06. The number of fused-ring (bicyclic) bond motifs is 2. The van der Waals surface area contributed by atoms with Crippen LogP contribution < -0.4 is 0 Å². The van der Waals surface area contributed by atoms with Crippen LogP contribution in [0.4, 0.5) is 0 Å². The van der Waals surface area contributed by atoms with Gasteiger partial charge in [0, 0.05) is 12.8 Å². The van der Waals surface area contributed by atoms with Crippen LogP contribution in [0.3, 0.4) is 0 Å². The molecule has 2 saturated carbocycles. The number of carbonyl (C=O) groups is 2. The average Bonchev–Trinajstić information content (AvgIpc) is 2.60. The molecule has 0 aromatic heterocycles. The molecule has 0 heterocycles. The largest absolute Gasteiger partial charge is 0.481 e. The first-order valence-corrected chi connectivity index (χ1v) is 5.50. The van der Waals surface area contributed by atoms with Crippen molar-refractivity contribution in [2.24, 2.45) is 23.7 Å². The quantitative estimate of drug-likeness (QED) is 0.742. The maximum Gasteiger partial charge on any atom is 0.303 e. The van der Waals surface area contributed by atoms with Crippen LogP contribution in [0.2, 0.25) is 0 Å². The molecule has 0 aliphatic heterocycles. The Morgan fingerprint density at radius 3 is 1.53 bits per heavy atom.